The van der Waals surface area contributed by atoms with Crippen molar-refractivity contribution in [2.24, 2.45) is 0 Å². The first-order valence-electron chi connectivity index (χ1n) is 4.41. The maximum absolute atomic E-state index is 6.37. The lowest BCUT2D eigenvalue weighted by atomic mass is 10.1. The Morgan fingerprint density at radius 1 is 1.12 bits per heavy atom. The molecule has 1 atom stereocenters. The fraction of sp³-hybridized carbons (Fsp3) is 0.0909. The Balaban J connectivity index is 2.38. The summed E-state index contributed by atoms with van der Waals surface area (Å²) in [5.41, 5.74) is 0.969. The molecule has 0 fully saturated rings. The van der Waals surface area contributed by atoms with Gasteiger partial charge >= 0.3 is 0 Å². The first kappa shape index (κ1) is 13.0. The summed E-state index contributed by atoms with van der Waals surface area (Å²) in [6, 6.07) is 7.67. The van der Waals surface area contributed by atoms with Gasteiger partial charge in [-0.1, -0.05) is 29.3 Å². The SMILES string of the molecule is Clc1cc(C(Cl)c2sccc2Cl)ccc1I. The summed E-state index contributed by atoms with van der Waals surface area (Å²) in [4.78, 5) is 0.959. The van der Waals surface area contributed by atoms with Crippen molar-refractivity contribution in [1.29, 1.82) is 0 Å². The molecule has 0 aliphatic carbocycles. The average molecular weight is 403 g/mol. The van der Waals surface area contributed by atoms with Crippen molar-refractivity contribution in [2.75, 3.05) is 0 Å². The average Bonchev–Trinajstić information content (AvgIpc) is 2.67. The van der Waals surface area contributed by atoms with Gasteiger partial charge < -0.3 is 0 Å². The molecule has 0 aliphatic rings. The van der Waals surface area contributed by atoms with Gasteiger partial charge in [-0.25, -0.2) is 0 Å². The Labute approximate surface area is 127 Å². The van der Waals surface area contributed by atoms with Gasteiger partial charge in [-0.3, -0.25) is 0 Å². The summed E-state index contributed by atoms with van der Waals surface area (Å²) in [5, 5.41) is 3.12. The number of benzene rings is 1. The van der Waals surface area contributed by atoms with Crippen molar-refractivity contribution in [1.82, 2.24) is 0 Å². The molecule has 0 spiro atoms. The van der Waals surface area contributed by atoms with Crippen LogP contribution in [0, 0.1) is 3.57 Å². The van der Waals surface area contributed by atoms with Gasteiger partial charge in [0.2, 0.25) is 0 Å². The maximum atomic E-state index is 6.37. The van der Waals surface area contributed by atoms with Crippen molar-refractivity contribution >= 4 is 68.7 Å². The largest absolute Gasteiger partial charge is 0.145 e. The van der Waals surface area contributed by atoms with Crippen LogP contribution in [-0.4, -0.2) is 0 Å². The third-order valence-electron chi connectivity index (χ3n) is 2.11. The quantitative estimate of drug-likeness (QED) is 0.427. The molecule has 0 radical (unpaired) electrons. The van der Waals surface area contributed by atoms with Gasteiger partial charge in [0, 0.05) is 8.45 Å². The van der Waals surface area contributed by atoms with Crippen LogP contribution in [-0.2, 0) is 0 Å². The van der Waals surface area contributed by atoms with Gasteiger partial charge in [0.05, 0.1) is 15.4 Å². The lowest BCUT2D eigenvalue weighted by Crippen LogP contribution is -1.91. The highest BCUT2D eigenvalue weighted by molar-refractivity contribution is 14.1. The van der Waals surface area contributed by atoms with Gasteiger partial charge in [0.15, 0.2) is 0 Å². The Hall–Kier alpha value is 0.520. The zero-order valence-electron chi connectivity index (χ0n) is 7.88. The Morgan fingerprint density at radius 2 is 1.88 bits per heavy atom. The Bertz CT molecular complexity index is 510. The fourth-order valence-corrected chi connectivity index (χ4v) is 3.46. The number of halogens is 4. The van der Waals surface area contributed by atoms with E-state index in [-0.39, 0.29) is 5.38 Å². The maximum Gasteiger partial charge on any atom is 0.0943 e. The molecule has 2 aromatic rings. The molecular formula is C11H6Cl3IS. The molecule has 84 valence electrons. The highest BCUT2D eigenvalue weighted by Gasteiger charge is 2.16. The molecule has 1 aromatic heterocycles. The second-order valence-electron chi connectivity index (χ2n) is 3.17. The summed E-state index contributed by atoms with van der Waals surface area (Å²) >= 11 is 22.2. The van der Waals surface area contributed by atoms with E-state index in [2.05, 4.69) is 22.6 Å². The van der Waals surface area contributed by atoms with Gasteiger partial charge in [0.1, 0.15) is 0 Å². The predicted octanol–water partition coefficient (Wildman–Crippen LogP) is 5.99. The summed E-state index contributed by atoms with van der Waals surface area (Å²) in [6.07, 6.45) is 0. The topological polar surface area (TPSA) is 0 Å². The lowest BCUT2D eigenvalue weighted by Gasteiger charge is -2.09. The van der Waals surface area contributed by atoms with E-state index in [0.29, 0.717) is 5.02 Å². The second kappa shape index (κ2) is 5.44. The standard InChI is InChI=1S/C11H6Cl3IS/c12-7-3-4-16-11(7)10(14)6-1-2-9(15)8(13)5-6/h1-5,10H. The zero-order chi connectivity index (χ0) is 11.7. The molecule has 5 heteroatoms. The molecule has 0 nitrogen and oxygen atoms in total. The molecule has 0 saturated heterocycles. The van der Waals surface area contributed by atoms with Gasteiger partial charge in [0.25, 0.3) is 0 Å². The molecule has 2 rings (SSSR count). The van der Waals surface area contributed by atoms with Crippen LogP contribution >= 0.6 is 68.7 Å². The highest BCUT2D eigenvalue weighted by atomic mass is 127. The summed E-state index contributed by atoms with van der Waals surface area (Å²) in [6.45, 7) is 0. The summed E-state index contributed by atoms with van der Waals surface area (Å²) < 4.78 is 1.02. The molecule has 0 amide bonds. The molecule has 1 heterocycles. The van der Waals surface area contributed by atoms with Crippen molar-refractivity contribution in [3.63, 3.8) is 0 Å². The van der Waals surface area contributed by atoms with Crippen LogP contribution in [0.1, 0.15) is 15.8 Å². The van der Waals surface area contributed by atoms with E-state index in [1.807, 2.05) is 29.6 Å². The summed E-state index contributed by atoms with van der Waals surface area (Å²) in [7, 11) is 0. The first-order chi connectivity index (χ1) is 7.59. The van der Waals surface area contributed by atoms with E-state index in [1.54, 1.807) is 11.3 Å². The van der Waals surface area contributed by atoms with Crippen molar-refractivity contribution in [3.05, 3.63) is 53.7 Å². The van der Waals surface area contributed by atoms with E-state index in [1.165, 1.54) is 0 Å². The van der Waals surface area contributed by atoms with Gasteiger partial charge in [-0.15, -0.1) is 22.9 Å². The minimum absolute atomic E-state index is 0.234. The lowest BCUT2D eigenvalue weighted by molar-refractivity contribution is 1.18. The van der Waals surface area contributed by atoms with E-state index < -0.39 is 0 Å². The molecule has 1 unspecified atom stereocenters. The number of thiophene rings is 1. The van der Waals surface area contributed by atoms with E-state index in [4.69, 9.17) is 34.8 Å². The summed E-state index contributed by atoms with van der Waals surface area (Å²) in [5.74, 6) is 0. The minimum atomic E-state index is -0.234. The minimum Gasteiger partial charge on any atom is -0.145 e. The second-order valence-corrected chi connectivity index (χ2v) is 6.53. The monoisotopic (exact) mass is 402 g/mol. The fourth-order valence-electron chi connectivity index (χ4n) is 1.31. The van der Waals surface area contributed by atoms with Crippen molar-refractivity contribution in [3.8, 4) is 0 Å². The molecule has 0 N–H and O–H groups in total. The van der Waals surface area contributed by atoms with Crippen LogP contribution in [0.5, 0.6) is 0 Å². The molecule has 0 bridgehead atoms. The highest BCUT2D eigenvalue weighted by Crippen LogP contribution is 2.38. The van der Waals surface area contributed by atoms with Crippen molar-refractivity contribution in [2.45, 2.75) is 5.38 Å². The van der Waals surface area contributed by atoms with Crippen LogP contribution in [0.4, 0.5) is 0 Å². The molecule has 16 heavy (non-hydrogen) atoms. The number of hydrogen-bond acceptors (Lipinski definition) is 1. The van der Waals surface area contributed by atoms with Crippen LogP contribution in [0.3, 0.4) is 0 Å². The third kappa shape index (κ3) is 2.67. The van der Waals surface area contributed by atoms with Crippen LogP contribution in [0.25, 0.3) is 0 Å². The number of alkyl halides is 1. The van der Waals surface area contributed by atoms with Gasteiger partial charge in [-0.2, -0.15) is 0 Å². The van der Waals surface area contributed by atoms with E-state index in [9.17, 15) is 0 Å². The molecule has 0 saturated carbocycles. The Morgan fingerprint density at radius 3 is 2.44 bits per heavy atom. The van der Waals surface area contributed by atoms with Crippen LogP contribution in [0.15, 0.2) is 29.6 Å². The van der Waals surface area contributed by atoms with Crippen molar-refractivity contribution < 1.29 is 0 Å². The normalized spacial score (nSPS) is 12.8. The zero-order valence-corrected chi connectivity index (χ0v) is 13.1. The van der Waals surface area contributed by atoms with Crippen LogP contribution in [0.2, 0.25) is 10.0 Å². The van der Waals surface area contributed by atoms with E-state index in [0.717, 1.165) is 19.0 Å². The first-order valence-corrected chi connectivity index (χ1v) is 7.56. The Kier molecular flexibility index (Phi) is 4.41. The number of hydrogen-bond donors (Lipinski definition) is 0. The van der Waals surface area contributed by atoms with E-state index >= 15 is 0 Å². The molecule has 1 aromatic carbocycles. The molecular weight excluding hydrogens is 397 g/mol. The van der Waals surface area contributed by atoms with Crippen LogP contribution < -0.4 is 0 Å². The predicted molar refractivity (Wildman–Crippen MR) is 81.2 cm³/mol. The third-order valence-corrected chi connectivity index (χ3v) is 5.71. The molecule has 0 aliphatic heterocycles. The smallest absolute Gasteiger partial charge is 0.0943 e. The van der Waals surface area contributed by atoms with Gasteiger partial charge in [-0.05, 0) is 51.7 Å². The number of rotatable bonds is 2.